The SMILES string of the molecule is C#Cc1cc(O)c(O)c([N+](=O)[O-])c1C(=O)N1CCCCC1. The van der Waals surface area contributed by atoms with E-state index in [0.717, 1.165) is 25.3 Å². The number of benzene rings is 1. The molecule has 7 nitrogen and oxygen atoms in total. The van der Waals surface area contributed by atoms with Crippen LogP contribution in [0.1, 0.15) is 35.2 Å². The van der Waals surface area contributed by atoms with Gasteiger partial charge in [-0.2, -0.15) is 0 Å². The zero-order chi connectivity index (χ0) is 15.6. The van der Waals surface area contributed by atoms with Crippen LogP contribution in [0.15, 0.2) is 6.07 Å². The van der Waals surface area contributed by atoms with E-state index in [0.29, 0.717) is 13.1 Å². The normalized spacial score (nSPS) is 14.5. The third kappa shape index (κ3) is 2.60. The van der Waals surface area contributed by atoms with E-state index in [-0.39, 0.29) is 11.1 Å². The molecule has 1 fully saturated rings. The van der Waals surface area contributed by atoms with Crippen LogP contribution < -0.4 is 0 Å². The summed E-state index contributed by atoms with van der Waals surface area (Å²) in [5.41, 5.74) is -1.30. The number of carbonyl (C=O) groups is 1. The highest BCUT2D eigenvalue weighted by Crippen LogP contribution is 2.40. The summed E-state index contributed by atoms with van der Waals surface area (Å²) in [5.74, 6) is -0.0999. The number of rotatable bonds is 2. The van der Waals surface area contributed by atoms with Crippen LogP contribution in [-0.2, 0) is 0 Å². The smallest absolute Gasteiger partial charge is 0.328 e. The zero-order valence-corrected chi connectivity index (χ0v) is 11.2. The van der Waals surface area contributed by atoms with Crippen molar-refractivity contribution in [3.05, 3.63) is 27.3 Å². The molecule has 110 valence electrons. The molecule has 7 heteroatoms. The predicted octanol–water partition coefficient (Wildman–Crippen LogP) is 1.61. The largest absolute Gasteiger partial charge is 0.504 e. The highest BCUT2D eigenvalue weighted by atomic mass is 16.6. The number of aromatic hydroxyl groups is 2. The van der Waals surface area contributed by atoms with Gasteiger partial charge in [0.1, 0.15) is 5.56 Å². The van der Waals surface area contributed by atoms with Gasteiger partial charge >= 0.3 is 5.69 Å². The molecule has 0 saturated carbocycles. The fraction of sp³-hybridized carbons (Fsp3) is 0.357. The number of piperidine rings is 1. The first kappa shape index (κ1) is 14.7. The van der Waals surface area contributed by atoms with Crippen molar-refractivity contribution < 1.29 is 19.9 Å². The molecule has 0 spiro atoms. The van der Waals surface area contributed by atoms with Crippen molar-refractivity contribution in [2.24, 2.45) is 0 Å². The topological polar surface area (TPSA) is 104 Å². The summed E-state index contributed by atoms with van der Waals surface area (Å²) in [6.45, 7) is 0.975. The van der Waals surface area contributed by atoms with E-state index >= 15 is 0 Å². The van der Waals surface area contributed by atoms with Gasteiger partial charge in [0.25, 0.3) is 5.91 Å². The van der Waals surface area contributed by atoms with Crippen molar-refractivity contribution in [3.63, 3.8) is 0 Å². The number of terminal acetylenes is 1. The lowest BCUT2D eigenvalue weighted by molar-refractivity contribution is -0.386. The number of likely N-dealkylation sites (tertiary alicyclic amines) is 1. The Labute approximate surface area is 121 Å². The van der Waals surface area contributed by atoms with Crippen LogP contribution in [-0.4, -0.2) is 39.0 Å². The molecule has 1 amide bonds. The average molecular weight is 290 g/mol. The highest BCUT2D eigenvalue weighted by Gasteiger charge is 2.33. The summed E-state index contributed by atoms with van der Waals surface area (Å²) in [7, 11) is 0. The van der Waals surface area contributed by atoms with Gasteiger partial charge in [0.15, 0.2) is 5.75 Å². The van der Waals surface area contributed by atoms with Gasteiger partial charge in [0.2, 0.25) is 5.75 Å². The zero-order valence-electron chi connectivity index (χ0n) is 11.2. The van der Waals surface area contributed by atoms with E-state index in [1.807, 2.05) is 0 Å². The van der Waals surface area contributed by atoms with Crippen LogP contribution in [0.5, 0.6) is 11.5 Å². The molecule has 1 aliphatic heterocycles. The summed E-state index contributed by atoms with van der Waals surface area (Å²) in [6.07, 6.45) is 7.89. The molecule has 0 atom stereocenters. The standard InChI is InChI=1S/C14H14N2O5/c1-2-9-8-10(17)13(18)12(16(20)21)11(9)14(19)15-6-4-3-5-7-15/h1,8,17-18H,3-7H2. The molecule has 0 aromatic heterocycles. The van der Waals surface area contributed by atoms with Crippen LogP contribution in [0.25, 0.3) is 0 Å². The van der Waals surface area contributed by atoms with Gasteiger partial charge in [-0.3, -0.25) is 14.9 Å². The maximum Gasteiger partial charge on any atom is 0.328 e. The van der Waals surface area contributed by atoms with Gasteiger partial charge in [0, 0.05) is 24.7 Å². The van der Waals surface area contributed by atoms with Crippen LogP contribution in [0.2, 0.25) is 0 Å². The van der Waals surface area contributed by atoms with E-state index in [2.05, 4.69) is 5.92 Å². The fourth-order valence-corrected chi connectivity index (χ4v) is 2.41. The molecule has 1 saturated heterocycles. The molecular weight excluding hydrogens is 276 g/mol. The van der Waals surface area contributed by atoms with Crippen LogP contribution >= 0.6 is 0 Å². The van der Waals surface area contributed by atoms with Crippen molar-refractivity contribution in [1.29, 1.82) is 0 Å². The number of phenols is 2. The minimum atomic E-state index is -0.945. The number of carbonyl (C=O) groups excluding carboxylic acids is 1. The number of nitrogens with zero attached hydrogens (tertiary/aromatic N) is 2. The Kier molecular flexibility index (Phi) is 3.98. The second-order valence-corrected chi connectivity index (χ2v) is 4.77. The molecule has 1 aromatic rings. The Morgan fingerprint density at radius 2 is 1.95 bits per heavy atom. The average Bonchev–Trinajstić information content (AvgIpc) is 2.49. The Bertz CT molecular complexity index is 642. The van der Waals surface area contributed by atoms with Crippen molar-refractivity contribution in [2.45, 2.75) is 19.3 Å². The van der Waals surface area contributed by atoms with Crippen LogP contribution in [0.4, 0.5) is 5.69 Å². The lowest BCUT2D eigenvalue weighted by Crippen LogP contribution is -2.36. The predicted molar refractivity (Wildman–Crippen MR) is 74.1 cm³/mol. The van der Waals surface area contributed by atoms with Gasteiger partial charge < -0.3 is 15.1 Å². The van der Waals surface area contributed by atoms with Gasteiger partial charge in [-0.15, -0.1) is 6.42 Å². The van der Waals surface area contributed by atoms with E-state index in [9.17, 15) is 25.1 Å². The summed E-state index contributed by atoms with van der Waals surface area (Å²) < 4.78 is 0. The van der Waals surface area contributed by atoms with Gasteiger partial charge in [-0.25, -0.2) is 0 Å². The molecule has 1 aromatic carbocycles. The fourth-order valence-electron chi connectivity index (χ4n) is 2.41. The van der Waals surface area contributed by atoms with E-state index < -0.39 is 28.0 Å². The van der Waals surface area contributed by atoms with E-state index in [4.69, 9.17) is 6.42 Å². The Morgan fingerprint density at radius 1 is 1.33 bits per heavy atom. The lowest BCUT2D eigenvalue weighted by atomic mass is 10.0. The van der Waals surface area contributed by atoms with Gasteiger partial charge in [0.05, 0.1) is 4.92 Å². The van der Waals surface area contributed by atoms with Crippen molar-refractivity contribution >= 4 is 11.6 Å². The number of nitro groups is 1. The number of hydrogen-bond acceptors (Lipinski definition) is 5. The maximum atomic E-state index is 12.5. The van der Waals surface area contributed by atoms with E-state index in [1.54, 1.807) is 0 Å². The van der Waals surface area contributed by atoms with Crippen molar-refractivity contribution in [2.75, 3.05) is 13.1 Å². The summed E-state index contributed by atoms with van der Waals surface area (Å²) in [4.78, 5) is 24.2. The Hall–Kier alpha value is -2.75. The Morgan fingerprint density at radius 3 is 2.48 bits per heavy atom. The minimum Gasteiger partial charge on any atom is -0.504 e. The first-order valence-corrected chi connectivity index (χ1v) is 6.46. The van der Waals surface area contributed by atoms with E-state index in [1.165, 1.54) is 4.90 Å². The molecule has 0 aliphatic carbocycles. The summed E-state index contributed by atoms with van der Waals surface area (Å²) in [5, 5.41) is 30.3. The molecule has 0 radical (unpaired) electrons. The quantitative estimate of drug-likeness (QED) is 0.373. The van der Waals surface area contributed by atoms with Gasteiger partial charge in [-0.1, -0.05) is 5.92 Å². The molecule has 2 rings (SSSR count). The third-order valence-electron chi connectivity index (χ3n) is 3.45. The van der Waals surface area contributed by atoms with Crippen LogP contribution in [0, 0.1) is 22.5 Å². The molecule has 1 aliphatic rings. The number of nitro benzene ring substituents is 1. The molecular formula is C14H14N2O5. The monoisotopic (exact) mass is 290 g/mol. The molecule has 21 heavy (non-hydrogen) atoms. The second-order valence-electron chi connectivity index (χ2n) is 4.77. The Balaban J connectivity index is 2.60. The molecule has 2 N–H and O–H groups in total. The number of hydrogen-bond donors (Lipinski definition) is 2. The first-order valence-electron chi connectivity index (χ1n) is 6.46. The lowest BCUT2D eigenvalue weighted by Gasteiger charge is -2.27. The number of phenolic OH excluding ortho intramolecular Hbond substituents is 2. The number of amides is 1. The summed E-state index contributed by atoms with van der Waals surface area (Å²) in [6, 6.07) is 0.986. The first-order chi connectivity index (χ1) is 9.97. The third-order valence-corrected chi connectivity index (χ3v) is 3.45. The molecule has 0 bridgehead atoms. The van der Waals surface area contributed by atoms with Crippen molar-refractivity contribution in [1.82, 2.24) is 4.90 Å². The van der Waals surface area contributed by atoms with Gasteiger partial charge in [-0.05, 0) is 19.3 Å². The molecule has 0 unspecified atom stereocenters. The minimum absolute atomic E-state index is 0.104. The maximum absolute atomic E-state index is 12.5. The molecule has 1 heterocycles. The van der Waals surface area contributed by atoms with Crippen LogP contribution in [0.3, 0.4) is 0 Å². The second kappa shape index (κ2) is 5.71. The summed E-state index contributed by atoms with van der Waals surface area (Å²) >= 11 is 0. The highest BCUT2D eigenvalue weighted by molar-refractivity contribution is 6.02. The van der Waals surface area contributed by atoms with Crippen molar-refractivity contribution in [3.8, 4) is 23.8 Å².